The molecule has 0 bridgehead atoms. The summed E-state index contributed by atoms with van der Waals surface area (Å²) in [6, 6.07) is 10.4. The van der Waals surface area contributed by atoms with Gasteiger partial charge >= 0.3 is 0 Å². The first kappa shape index (κ1) is 22.1. The monoisotopic (exact) mass is 463 g/mol. The number of anilines is 1. The Morgan fingerprint density at radius 1 is 1.24 bits per heavy atom. The minimum Gasteiger partial charge on any atom is -0.497 e. The summed E-state index contributed by atoms with van der Waals surface area (Å²) in [6.45, 7) is 2.14. The molecular formula is C25H26FN5O3. The van der Waals surface area contributed by atoms with Gasteiger partial charge in [0.25, 0.3) is 5.56 Å². The molecule has 1 aliphatic heterocycles. The standard InChI is InChI=1S/C25H26FN5O3/c1-30-23(32)10-22(17-6-7-27-12-21(17)26)29-25(30)28-11-18-19-13-31(14-20(18)19)24(33)9-15-4-3-5-16(8-15)34-2/h3-8,10,12,18-20H,9,11,13-14H2,1-2H3,(H,28,29). The number of benzene rings is 1. The lowest BCUT2D eigenvalue weighted by molar-refractivity contribution is -0.130. The largest absolute Gasteiger partial charge is 0.497 e. The number of likely N-dealkylation sites (tertiary alicyclic amines) is 1. The van der Waals surface area contributed by atoms with Crippen LogP contribution in [0.1, 0.15) is 5.56 Å². The van der Waals surface area contributed by atoms with E-state index in [9.17, 15) is 14.0 Å². The van der Waals surface area contributed by atoms with Gasteiger partial charge in [0.2, 0.25) is 11.9 Å². The lowest BCUT2D eigenvalue weighted by Crippen LogP contribution is -2.33. The topological polar surface area (TPSA) is 89.3 Å². The van der Waals surface area contributed by atoms with Gasteiger partial charge < -0.3 is 15.0 Å². The third-order valence-electron chi connectivity index (χ3n) is 6.89. The van der Waals surface area contributed by atoms with E-state index in [0.29, 0.717) is 36.7 Å². The second kappa shape index (κ2) is 8.89. The summed E-state index contributed by atoms with van der Waals surface area (Å²) in [5.41, 5.74) is 1.19. The Morgan fingerprint density at radius 3 is 2.76 bits per heavy atom. The lowest BCUT2D eigenvalue weighted by Gasteiger charge is -2.20. The van der Waals surface area contributed by atoms with E-state index in [1.807, 2.05) is 29.2 Å². The molecule has 2 fully saturated rings. The number of ether oxygens (including phenoxy) is 1. The third kappa shape index (κ3) is 4.25. The van der Waals surface area contributed by atoms with Gasteiger partial charge in [-0.2, -0.15) is 0 Å². The summed E-state index contributed by atoms with van der Waals surface area (Å²) in [5.74, 6) is 2.06. The third-order valence-corrected chi connectivity index (χ3v) is 6.89. The number of hydrogen-bond donors (Lipinski definition) is 1. The van der Waals surface area contributed by atoms with Crippen molar-refractivity contribution in [2.75, 3.05) is 32.1 Å². The van der Waals surface area contributed by atoms with Crippen LogP contribution in [0.15, 0.2) is 53.6 Å². The maximum atomic E-state index is 14.1. The van der Waals surface area contributed by atoms with Crippen molar-refractivity contribution in [1.82, 2.24) is 19.4 Å². The van der Waals surface area contributed by atoms with Crippen molar-refractivity contribution in [2.45, 2.75) is 6.42 Å². The summed E-state index contributed by atoms with van der Waals surface area (Å²) in [4.78, 5) is 35.3. The van der Waals surface area contributed by atoms with Gasteiger partial charge in [-0.3, -0.25) is 19.1 Å². The average molecular weight is 464 g/mol. The molecule has 9 heteroatoms. The number of halogens is 1. The van der Waals surface area contributed by atoms with E-state index in [1.54, 1.807) is 14.2 Å². The number of piperidine rings is 1. The van der Waals surface area contributed by atoms with Crippen molar-refractivity contribution in [3.05, 3.63) is 70.5 Å². The van der Waals surface area contributed by atoms with Crippen LogP contribution in [0.3, 0.4) is 0 Å². The molecule has 1 saturated heterocycles. The van der Waals surface area contributed by atoms with Crippen molar-refractivity contribution < 1.29 is 13.9 Å². The second-order valence-corrected chi connectivity index (χ2v) is 8.92. The fourth-order valence-corrected chi connectivity index (χ4v) is 4.85. The van der Waals surface area contributed by atoms with E-state index in [4.69, 9.17) is 4.74 Å². The molecule has 8 nitrogen and oxygen atoms in total. The Balaban J connectivity index is 1.18. The summed E-state index contributed by atoms with van der Waals surface area (Å²) < 4.78 is 20.8. The highest BCUT2D eigenvalue weighted by molar-refractivity contribution is 5.79. The van der Waals surface area contributed by atoms with Crippen molar-refractivity contribution >= 4 is 11.9 Å². The fraction of sp³-hybridized carbons (Fsp3) is 0.360. The Morgan fingerprint density at radius 2 is 2.03 bits per heavy atom. The normalized spacial score (nSPS) is 20.7. The molecule has 2 aliphatic rings. The Labute approximate surface area is 196 Å². The molecule has 1 saturated carbocycles. The number of aromatic nitrogens is 3. The average Bonchev–Trinajstić information content (AvgIpc) is 3.28. The van der Waals surface area contributed by atoms with Crippen LogP contribution in [0, 0.1) is 23.6 Å². The van der Waals surface area contributed by atoms with Crippen molar-refractivity contribution in [3.63, 3.8) is 0 Å². The molecule has 1 amide bonds. The minimum atomic E-state index is -0.523. The van der Waals surface area contributed by atoms with Gasteiger partial charge in [0.1, 0.15) is 5.75 Å². The molecule has 1 aliphatic carbocycles. The van der Waals surface area contributed by atoms with Crippen LogP contribution >= 0.6 is 0 Å². The Bertz CT molecular complexity index is 1280. The van der Waals surface area contributed by atoms with Gasteiger partial charge in [0, 0.05) is 44.5 Å². The first-order valence-corrected chi connectivity index (χ1v) is 11.3. The quantitative estimate of drug-likeness (QED) is 0.579. The molecule has 1 N–H and O–H groups in total. The minimum absolute atomic E-state index is 0.128. The van der Waals surface area contributed by atoms with E-state index < -0.39 is 5.82 Å². The zero-order valence-electron chi connectivity index (χ0n) is 19.1. The predicted molar refractivity (Wildman–Crippen MR) is 125 cm³/mol. The number of amides is 1. The van der Waals surface area contributed by atoms with E-state index in [2.05, 4.69) is 15.3 Å². The zero-order valence-corrected chi connectivity index (χ0v) is 19.1. The summed E-state index contributed by atoms with van der Waals surface area (Å²) >= 11 is 0. The summed E-state index contributed by atoms with van der Waals surface area (Å²) in [6.07, 6.45) is 2.94. The van der Waals surface area contributed by atoms with Crippen LogP contribution in [0.25, 0.3) is 11.3 Å². The fourth-order valence-electron chi connectivity index (χ4n) is 4.85. The van der Waals surface area contributed by atoms with Crippen LogP contribution < -0.4 is 15.6 Å². The maximum absolute atomic E-state index is 14.1. The number of methoxy groups -OCH3 is 1. The Kier molecular flexibility index (Phi) is 5.77. The number of hydrogen-bond acceptors (Lipinski definition) is 6. The smallest absolute Gasteiger partial charge is 0.255 e. The van der Waals surface area contributed by atoms with E-state index >= 15 is 0 Å². The highest BCUT2D eigenvalue weighted by Crippen LogP contribution is 2.51. The van der Waals surface area contributed by atoms with Crippen molar-refractivity contribution in [3.8, 4) is 17.0 Å². The van der Waals surface area contributed by atoms with Gasteiger partial charge in [-0.1, -0.05) is 12.1 Å². The van der Waals surface area contributed by atoms with E-state index in [0.717, 1.165) is 30.6 Å². The number of nitrogens with one attached hydrogen (secondary N) is 1. The van der Waals surface area contributed by atoms with E-state index in [1.165, 1.54) is 22.9 Å². The molecule has 176 valence electrons. The van der Waals surface area contributed by atoms with Crippen molar-refractivity contribution in [1.29, 1.82) is 0 Å². The first-order valence-electron chi connectivity index (χ1n) is 11.3. The molecule has 2 unspecified atom stereocenters. The lowest BCUT2D eigenvalue weighted by atomic mass is 10.1. The molecule has 0 spiro atoms. The van der Waals surface area contributed by atoms with Crippen LogP contribution in [-0.2, 0) is 18.3 Å². The molecule has 2 atom stereocenters. The van der Waals surface area contributed by atoms with Crippen LogP contribution in [0.4, 0.5) is 10.3 Å². The molecule has 2 aromatic heterocycles. The second-order valence-electron chi connectivity index (χ2n) is 8.92. The molecular weight excluding hydrogens is 437 g/mol. The number of carbonyl (C=O) groups excluding carboxylic acids is 1. The molecule has 1 aromatic carbocycles. The van der Waals surface area contributed by atoms with Crippen LogP contribution in [-0.4, -0.2) is 52.1 Å². The highest BCUT2D eigenvalue weighted by atomic mass is 19.1. The number of carbonyl (C=O) groups is 1. The zero-order chi connectivity index (χ0) is 23.8. The van der Waals surface area contributed by atoms with Crippen LogP contribution in [0.2, 0.25) is 0 Å². The van der Waals surface area contributed by atoms with Gasteiger partial charge in [-0.25, -0.2) is 9.37 Å². The van der Waals surface area contributed by atoms with Gasteiger partial charge in [0.05, 0.1) is 25.4 Å². The van der Waals surface area contributed by atoms with Gasteiger partial charge in [0.15, 0.2) is 5.82 Å². The molecule has 34 heavy (non-hydrogen) atoms. The van der Waals surface area contributed by atoms with Crippen LogP contribution in [0.5, 0.6) is 5.75 Å². The van der Waals surface area contributed by atoms with Gasteiger partial charge in [-0.15, -0.1) is 0 Å². The molecule has 5 rings (SSSR count). The van der Waals surface area contributed by atoms with Gasteiger partial charge in [-0.05, 0) is 41.5 Å². The number of pyridine rings is 1. The Hall–Kier alpha value is -3.75. The number of rotatable bonds is 7. The summed E-state index contributed by atoms with van der Waals surface area (Å²) in [5, 5.41) is 3.27. The number of fused-ring (bicyclic) bond motifs is 1. The van der Waals surface area contributed by atoms with E-state index in [-0.39, 0.29) is 22.7 Å². The summed E-state index contributed by atoms with van der Waals surface area (Å²) in [7, 11) is 3.25. The molecule has 3 aromatic rings. The molecule has 0 radical (unpaired) electrons. The number of nitrogens with zero attached hydrogens (tertiary/aromatic N) is 4. The SMILES string of the molecule is COc1cccc(CC(=O)N2CC3C(CNc4nc(-c5ccncc5F)cc(=O)n4C)C3C2)c1. The first-order chi connectivity index (χ1) is 16.4. The highest BCUT2D eigenvalue weighted by Gasteiger charge is 2.56. The predicted octanol–water partition coefficient (Wildman–Crippen LogP) is 2.35. The maximum Gasteiger partial charge on any atom is 0.255 e. The molecule has 3 heterocycles. The van der Waals surface area contributed by atoms with Crippen molar-refractivity contribution in [2.24, 2.45) is 24.8 Å².